The molecule has 2 aromatic rings. The fourth-order valence-corrected chi connectivity index (χ4v) is 5.87. The summed E-state index contributed by atoms with van der Waals surface area (Å²) < 4.78 is 0. The molecule has 6 nitrogen and oxygen atoms in total. The number of nitrogens with one attached hydrogen (secondary N) is 2. The van der Waals surface area contributed by atoms with Gasteiger partial charge in [0.25, 0.3) is 0 Å². The molecule has 1 unspecified atom stereocenters. The van der Waals surface area contributed by atoms with Crippen molar-refractivity contribution in [2.45, 2.75) is 77.0 Å². The van der Waals surface area contributed by atoms with Gasteiger partial charge in [-0.25, -0.2) is 4.79 Å². The van der Waals surface area contributed by atoms with Gasteiger partial charge in [-0.05, 0) is 69.2 Å². The summed E-state index contributed by atoms with van der Waals surface area (Å²) in [6.07, 6.45) is 5.90. The van der Waals surface area contributed by atoms with Gasteiger partial charge in [-0.1, -0.05) is 66.0 Å². The Morgan fingerprint density at radius 2 is 1.74 bits per heavy atom. The largest absolute Gasteiger partial charge is 0.349 e. The molecule has 2 N–H and O–H groups in total. The lowest BCUT2D eigenvalue weighted by atomic mass is 9.84. The Hall–Kier alpha value is -2.28. The van der Waals surface area contributed by atoms with Crippen LogP contribution in [0.5, 0.6) is 0 Å². The lowest BCUT2D eigenvalue weighted by Gasteiger charge is -2.41. The van der Waals surface area contributed by atoms with Crippen molar-refractivity contribution in [3.8, 4) is 0 Å². The predicted octanol–water partition coefficient (Wildman–Crippen LogP) is 6.43. The third kappa shape index (κ3) is 7.43. The summed E-state index contributed by atoms with van der Waals surface area (Å²) in [5.41, 5.74) is 2.09. The quantitative estimate of drug-likeness (QED) is 0.353. The molecular weight excluding hydrogens is 519 g/mol. The first-order valence-corrected chi connectivity index (χ1v) is 14.7. The summed E-state index contributed by atoms with van der Waals surface area (Å²) in [4.78, 5) is 30.2. The Balaban J connectivity index is 1.29. The van der Waals surface area contributed by atoms with Crippen molar-refractivity contribution in [3.05, 3.63) is 69.7 Å². The van der Waals surface area contributed by atoms with Crippen LogP contribution in [-0.4, -0.2) is 53.5 Å². The fourth-order valence-electron chi connectivity index (χ4n) is 5.55. The molecule has 0 radical (unpaired) electrons. The number of amides is 3. The summed E-state index contributed by atoms with van der Waals surface area (Å²) in [7, 11) is 0. The molecule has 2 aliphatic rings. The SMILES string of the molecule is CCN(C(=O)NCc1ccc(Cl)c(Cl)c1)C1CCN(C(C)C[C@H](NC(=O)C2CCC2)c2ccccc2)CC1. The van der Waals surface area contributed by atoms with E-state index in [9.17, 15) is 9.59 Å². The molecule has 0 spiro atoms. The normalized spacial score (nSPS) is 18.3. The van der Waals surface area contributed by atoms with E-state index < -0.39 is 0 Å². The first kappa shape index (κ1) is 28.7. The number of piperidine rings is 1. The van der Waals surface area contributed by atoms with Crippen molar-refractivity contribution in [1.29, 1.82) is 0 Å². The number of nitrogens with zero attached hydrogens (tertiary/aromatic N) is 2. The number of rotatable bonds is 10. The monoisotopic (exact) mass is 558 g/mol. The van der Waals surface area contributed by atoms with E-state index in [1.54, 1.807) is 12.1 Å². The zero-order valence-corrected chi connectivity index (χ0v) is 24.0. The maximum absolute atomic E-state index is 13.0. The van der Waals surface area contributed by atoms with Crippen LogP contribution in [0.2, 0.25) is 10.0 Å². The highest BCUT2D eigenvalue weighted by atomic mass is 35.5. The molecule has 206 valence electrons. The van der Waals surface area contributed by atoms with Gasteiger partial charge in [0.2, 0.25) is 5.91 Å². The van der Waals surface area contributed by atoms with Crippen LogP contribution in [0.15, 0.2) is 48.5 Å². The van der Waals surface area contributed by atoms with Gasteiger partial charge in [-0.3, -0.25) is 4.79 Å². The molecule has 0 bridgehead atoms. The van der Waals surface area contributed by atoms with Crippen LogP contribution < -0.4 is 10.6 Å². The van der Waals surface area contributed by atoms with Crippen molar-refractivity contribution >= 4 is 35.1 Å². The maximum Gasteiger partial charge on any atom is 0.317 e. The van der Waals surface area contributed by atoms with Gasteiger partial charge in [0.1, 0.15) is 0 Å². The number of hydrogen-bond acceptors (Lipinski definition) is 3. The zero-order valence-electron chi connectivity index (χ0n) is 22.5. The first-order valence-electron chi connectivity index (χ1n) is 13.9. The van der Waals surface area contributed by atoms with Gasteiger partial charge >= 0.3 is 6.03 Å². The molecule has 1 aliphatic carbocycles. The summed E-state index contributed by atoms with van der Waals surface area (Å²) in [6.45, 7) is 7.23. The van der Waals surface area contributed by atoms with Crippen molar-refractivity contribution in [1.82, 2.24) is 20.4 Å². The Kier molecular flexibility index (Phi) is 10.3. The second-order valence-corrected chi connectivity index (χ2v) is 11.5. The number of carbonyl (C=O) groups is 2. The Morgan fingerprint density at radius 1 is 1.03 bits per heavy atom. The number of urea groups is 1. The van der Waals surface area contributed by atoms with E-state index in [0.29, 0.717) is 29.2 Å². The molecule has 2 fully saturated rings. The van der Waals surface area contributed by atoms with Crippen LogP contribution in [0.1, 0.15) is 69.5 Å². The first-order chi connectivity index (χ1) is 18.4. The van der Waals surface area contributed by atoms with Crippen molar-refractivity contribution < 1.29 is 9.59 Å². The van der Waals surface area contributed by atoms with Gasteiger partial charge in [0.05, 0.1) is 16.1 Å². The minimum atomic E-state index is -0.0482. The lowest BCUT2D eigenvalue weighted by molar-refractivity contribution is -0.128. The summed E-state index contributed by atoms with van der Waals surface area (Å²) in [6, 6.07) is 16.2. The predicted molar refractivity (Wildman–Crippen MR) is 154 cm³/mol. The van der Waals surface area contributed by atoms with Gasteiger partial charge < -0.3 is 20.4 Å². The highest BCUT2D eigenvalue weighted by Crippen LogP contribution is 2.29. The highest BCUT2D eigenvalue weighted by Gasteiger charge is 2.31. The van der Waals surface area contributed by atoms with Crippen molar-refractivity contribution in [2.24, 2.45) is 5.92 Å². The topological polar surface area (TPSA) is 64.7 Å². The molecule has 2 aromatic carbocycles. The van der Waals surface area contributed by atoms with E-state index in [0.717, 1.165) is 62.7 Å². The second kappa shape index (κ2) is 13.7. The van der Waals surface area contributed by atoms with E-state index >= 15 is 0 Å². The molecule has 1 aliphatic heterocycles. The van der Waals surface area contributed by atoms with E-state index in [-0.39, 0.29) is 29.9 Å². The van der Waals surface area contributed by atoms with Gasteiger partial charge in [-0.15, -0.1) is 0 Å². The summed E-state index contributed by atoms with van der Waals surface area (Å²) in [5, 5.41) is 7.39. The fraction of sp³-hybridized carbons (Fsp3) is 0.533. The number of carbonyl (C=O) groups excluding carboxylic acids is 2. The minimum absolute atomic E-state index is 0.0105. The Bertz CT molecular complexity index is 1070. The highest BCUT2D eigenvalue weighted by molar-refractivity contribution is 6.42. The van der Waals surface area contributed by atoms with Crippen LogP contribution in [0.3, 0.4) is 0 Å². The molecule has 3 amide bonds. The van der Waals surface area contributed by atoms with Gasteiger partial charge in [-0.2, -0.15) is 0 Å². The second-order valence-electron chi connectivity index (χ2n) is 10.6. The maximum atomic E-state index is 13.0. The molecule has 38 heavy (non-hydrogen) atoms. The molecule has 1 saturated carbocycles. The molecule has 1 heterocycles. The Labute approximate surface area is 237 Å². The molecule has 8 heteroatoms. The molecule has 4 rings (SSSR count). The number of hydrogen-bond donors (Lipinski definition) is 2. The number of halogens is 2. The van der Waals surface area contributed by atoms with Crippen molar-refractivity contribution in [3.63, 3.8) is 0 Å². The van der Waals surface area contributed by atoms with Gasteiger partial charge in [0, 0.05) is 44.2 Å². The standard InChI is InChI=1S/C30H40Cl2N4O2/c1-3-36(30(38)33-20-22-12-13-26(31)27(32)19-22)25-14-16-35(17-15-25)21(2)18-28(23-8-5-4-6-9-23)34-29(37)24-10-7-11-24/h4-6,8-9,12-13,19,21,24-25,28H,3,7,10-11,14-18,20H2,1-2H3,(H,33,38)(H,34,37)/t21?,28-/m0/s1. The number of likely N-dealkylation sites (tertiary alicyclic amines) is 1. The molecule has 0 aromatic heterocycles. The summed E-state index contributed by atoms with van der Waals surface area (Å²) >= 11 is 12.1. The molecule has 1 saturated heterocycles. The molecular formula is C30H40Cl2N4O2. The minimum Gasteiger partial charge on any atom is -0.349 e. The lowest BCUT2D eigenvalue weighted by Crippen LogP contribution is -2.52. The molecule has 2 atom stereocenters. The average molecular weight is 560 g/mol. The zero-order chi connectivity index (χ0) is 27.1. The van der Waals surface area contributed by atoms with Crippen molar-refractivity contribution in [2.75, 3.05) is 19.6 Å². The van der Waals surface area contributed by atoms with Crippen LogP contribution in [-0.2, 0) is 11.3 Å². The third-order valence-electron chi connectivity index (χ3n) is 8.16. The van der Waals surface area contributed by atoms with E-state index in [2.05, 4.69) is 34.6 Å². The average Bonchev–Trinajstić information content (AvgIpc) is 2.89. The van der Waals surface area contributed by atoms with E-state index in [1.807, 2.05) is 36.1 Å². The van der Waals surface area contributed by atoms with E-state index in [1.165, 1.54) is 0 Å². The number of benzene rings is 2. The summed E-state index contributed by atoms with van der Waals surface area (Å²) in [5.74, 6) is 0.372. The van der Waals surface area contributed by atoms with Crippen LogP contribution >= 0.6 is 23.2 Å². The third-order valence-corrected chi connectivity index (χ3v) is 8.90. The van der Waals surface area contributed by atoms with Crippen LogP contribution in [0, 0.1) is 5.92 Å². The van der Waals surface area contributed by atoms with Crippen LogP contribution in [0.25, 0.3) is 0 Å². The van der Waals surface area contributed by atoms with Gasteiger partial charge in [0.15, 0.2) is 0 Å². The Morgan fingerprint density at radius 3 is 2.34 bits per heavy atom. The smallest absolute Gasteiger partial charge is 0.317 e. The van der Waals surface area contributed by atoms with Crippen LogP contribution in [0.4, 0.5) is 4.79 Å². The van der Waals surface area contributed by atoms with E-state index in [4.69, 9.17) is 23.2 Å².